The molecule has 0 radical (unpaired) electrons. The van der Waals surface area contributed by atoms with Crippen molar-refractivity contribution in [2.24, 2.45) is 0 Å². The first-order valence-corrected chi connectivity index (χ1v) is 4.81. The van der Waals surface area contributed by atoms with Gasteiger partial charge in [-0.15, -0.1) is 0 Å². The maximum Gasteiger partial charge on any atom is 0.140 e. The lowest BCUT2D eigenvalue weighted by atomic mass is 9.88. The Hall–Kier alpha value is -0.440. The van der Waals surface area contributed by atoms with Gasteiger partial charge < -0.3 is 0 Å². The molecule has 0 spiro atoms. The maximum atomic E-state index is 13.8. The number of halogens is 2. The number of alkyl halides is 2. The van der Waals surface area contributed by atoms with Crippen molar-refractivity contribution in [3.63, 3.8) is 0 Å². The van der Waals surface area contributed by atoms with E-state index in [1.54, 1.807) is 0 Å². The number of hydrogen-bond donors (Lipinski definition) is 0. The third-order valence-corrected chi connectivity index (χ3v) is 3.46. The van der Waals surface area contributed by atoms with Gasteiger partial charge in [0, 0.05) is 19.5 Å². The van der Waals surface area contributed by atoms with Crippen LogP contribution < -0.4 is 0 Å². The number of nitrogens with zero attached hydrogens (tertiary/aromatic N) is 1. The average Bonchev–Trinajstić information content (AvgIpc) is 2.50. The molecule has 0 aromatic rings. The Morgan fingerprint density at radius 2 is 2.31 bits per heavy atom. The van der Waals surface area contributed by atoms with Gasteiger partial charge in [-0.3, -0.25) is 4.90 Å². The molecule has 0 aromatic carbocycles. The summed E-state index contributed by atoms with van der Waals surface area (Å²) in [6.45, 7) is 6.54. The molecule has 1 unspecified atom stereocenters. The maximum absolute atomic E-state index is 13.8. The first kappa shape index (κ1) is 9.13. The van der Waals surface area contributed by atoms with Gasteiger partial charge in [-0.1, -0.05) is 13.5 Å². The minimum Gasteiger partial charge on any atom is -0.287 e. The minimum absolute atomic E-state index is 0.337. The zero-order valence-corrected chi connectivity index (χ0v) is 7.89. The smallest absolute Gasteiger partial charge is 0.140 e. The molecular weight excluding hydrogens is 172 g/mol. The van der Waals surface area contributed by atoms with Crippen molar-refractivity contribution in [1.82, 2.24) is 4.90 Å². The van der Waals surface area contributed by atoms with Gasteiger partial charge in [0.2, 0.25) is 0 Å². The Morgan fingerprint density at radius 3 is 2.85 bits per heavy atom. The quantitative estimate of drug-likeness (QED) is 0.568. The number of rotatable bonds is 1. The summed E-state index contributed by atoms with van der Waals surface area (Å²) in [6.07, 6.45) is -0.873. The van der Waals surface area contributed by atoms with E-state index in [-0.39, 0.29) is 0 Å². The SMILES string of the molecule is C=C1CN2C[C@H](F)C[C@]2(CC)C1F. The molecule has 0 saturated carbocycles. The third-order valence-electron chi connectivity index (χ3n) is 3.46. The fourth-order valence-electron chi connectivity index (χ4n) is 2.74. The zero-order valence-electron chi connectivity index (χ0n) is 7.89. The van der Waals surface area contributed by atoms with Crippen molar-refractivity contribution >= 4 is 0 Å². The highest BCUT2D eigenvalue weighted by atomic mass is 19.1. The van der Waals surface area contributed by atoms with Crippen molar-refractivity contribution in [3.8, 4) is 0 Å². The molecule has 0 N–H and O–H groups in total. The van der Waals surface area contributed by atoms with Crippen LogP contribution in [0.3, 0.4) is 0 Å². The highest BCUT2D eigenvalue weighted by molar-refractivity contribution is 5.25. The van der Waals surface area contributed by atoms with E-state index in [1.807, 2.05) is 11.8 Å². The molecule has 0 amide bonds. The van der Waals surface area contributed by atoms with Crippen LogP contribution in [0.5, 0.6) is 0 Å². The fraction of sp³-hybridized carbons (Fsp3) is 0.800. The van der Waals surface area contributed by atoms with E-state index in [0.29, 0.717) is 31.5 Å². The largest absolute Gasteiger partial charge is 0.287 e. The first-order valence-electron chi connectivity index (χ1n) is 4.81. The van der Waals surface area contributed by atoms with E-state index in [9.17, 15) is 8.78 Å². The molecular formula is C10H15F2N. The summed E-state index contributed by atoms with van der Waals surface area (Å²) >= 11 is 0. The Balaban J connectivity index is 2.30. The molecule has 3 heteroatoms. The van der Waals surface area contributed by atoms with Gasteiger partial charge in [0.25, 0.3) is 0 Å². The Labute approximate surface area is 77.4 Å². The van der Waals surface area contributed by atoms with Crippen LogP contribution in [0.1, 0.15) is 19.8 Å². The summed E-state index contributed by atoms with van der Waals surface area (Å²) in [4.78, 5) is 1.92. The molecule has 3 atom stereocenters. The second-order valence-electron chi connectivity index (χ2n) is 4.16. The molecule has 0 aliphatic carbocycles. The molecule has 2 fully saturated rings. The summed E-state index contributed by atoms with van der Waals surface area (Å²) < 4.78 is 26.9. The van der Waals surface area contributed by atoms with Crippen LogP contribution in [-0.4, -0.2) is 35.9 Å². The van der Waals surface area contributed by atoms with Crippen LogP contribution in [0.15, 0.2) is 12.2 Å². The Morgan fingerprint density at radius 1 is 1.62 bits per heavy atom. The normalized spacial score (nSPS) is 45.6. The van der Waals surface area contributed by atoms with Gasteiger partial charge in [0.05, 0.1) is 5.54 Å². The Kier molecular flexibility index (Phi) is 1.95. The standard InChI is InChI=1S/C10H15F2N/c1-3-10-4-8(11)6-13(10)5-7(2)9(10)12/h8-9H,2-6H2,1H3/t8-,9?,10-/m1/s1. The summed E-state index contributed by atoms with van der Waals surface area (Å²) in [7, 11) is 0. The van der Waals surface area contributed by atoms with Crippen LogP contribution in [0.2, 0.25) is 0 Å². The molecule has 2 rings (SSSR count). The molecule has 74 valence electrons. The van der Waals surface area contributed by atoms with Gasteiger partial charge in [0.1, 0.15) is 12.3 Å². The van der Waals surface area contributed by atoms with Crippen LogP contribution in [0.4, 0.5) is 8.78 Å². The molecule has 1 nitrogen and oxygen atoms in total. The summed E-state index contributed by atoms with van der Waals surface area (Å²) in [5.74, 6) is 0. The van der Waals surface area contributed by atoms with E-state index in [1.165, 1.54) is 0 Å². The summed E-state index contributed by atoms with van der Waals surface area (Å²) in [5.41, 5.74) is 0.0602. The van der Waals surface area contributed by atoms with Gasteiger partial charge in [-0.25, -0.2) is 8.78 Å². The molecule has 2 aliphatic rings. The monoisotopic (exact) mass is 187 g/mol. The molecule has 2 aliphatic heterocycles. The lowest BCUT2D eigenvalue weighted by Crippen LogP contribution is -2.43. The van der Waals surface area contributed by atoms with Crippen molar-refractivity contribution in [3.05, 3.63) is 12.2 Å². The van der Waals surface area contributed by atoms with Gasteiger partial charge >= 0.3 is 0 Å². The zero-order chi connectivity index (χ0) is 9.64. The number of hydrogen-bond acceptors (Lipinski definition) is 1. The van der Waals surface area contributed by atoms with E-state index < -0.39 is 17.9 Å². The topological polar surface area (TPSA) is 3.24 Å². The molecule has 0 aromatic heterocycles. The highest BCUT2D eigenvalue weighted by Crippen LogP contribution is 2.45. The molecule has 2 heterocycles. The van der Waals surface area contributed by atoms with Crippen LogP contribution in [-0.2, 0) is 0 Å². The lowest BCUT2D eigenvalue weighted by Gasteiger charge is -2.31. The van der Waals surface area contributed by atoms with Crippen LogP contribution in [0, 0.1) is 0 Å². The highest BCUT2D eigenvalue weighted by Gasteiger charge is 2.55. The molecule has 2 saturated heterocycles. The summed E-state index contributed by atoms with van der Waals surface area (Å²) in [6, 6.07) is 0. The van der Waals surface area contributed by atoms with E-state index >= 15 is 0 Å². The lowest BCUT2D eigenvalue weighted by molar-refractivity contribution is 0.117. The second-order valence-corrected chi connectivity index (χ2v) is 4.16. The van der Waals surface area contributed by atoms with E-state index in [4.69, 9.17) is 0 Å². The van der Waals surface area contributed by atoms with Crippen LogP contribution >= 0.6 is 0 Å². The predicted molar refractivity (Wildman–Crippen MR) is 48.1 cm³/mol. The van der Waals surface area contributed by atoms with Crippen molar-refractivity contribution in [2.75, 3.05) is 13.1 Å². The van der Waals surface area contributed by atoms with Gasteiger partial charge in [-0.2, -0.15) is 0 Å². The van der Waals surface area contributed by atoms with Crippen molar-refractivity contribution in [1.29, 1.82) is 0 Å². The first-order chi connectivity index (χ1) is 6.10. The fourth-order valence-corrected chi connectivity index (χ4v) is 2.74. The Bertz CT molecular complexity index is 241. The summed E-state index contributed by atoms with van der Waals surface area (Å²) in [5, 5.41) is 0. The predicted octanol–water partition coefficient (Wildman–Crippen LogP) is 2.09. The van der Waals surface area contributed by atoms with Crippen LogP contribution in [0.25, 0.3) is 0 Å². The molecule has 0 bridgehead atoms. The van der Waals surface area contributed by atoms with Gasteiger partial charge in [0.15, 0.2) is 0 Å². The van der Waals surface area contributed by atoms with Crippen molar-refractivity contribution < 1.29 is 8.78 Å². The second kappa shape index (κ2) is 2.77. The molecule has 13 heavy (non-hydrogen) atoms. The van der Waals surface area contributed by atoms with E-state index in [0.717, 1.165) is 0 Å². The number of fused-ring (bicyclic) bond motifs is 1. The van der Waals surface area contributed by atoms with Gasteiger partial charge in [-0.05, 0) is 12.0 Å². The third kappa shape index (κ3) is 1.06. The van der Waals surface area contributed by atoms with E-state index in [2.05, 4.69) is 6.58 Å². The van der Waals surface area contributed by atoms with Crippen molar-refractivity contribution in [2.45, 2.75) is 37.6 Å². The average molecular weight is 187 g/mol. The minimum atomic E-state index is -1.03.